The largest absolute Gasteiger partial charge is 0.489 e. The van der Waals surface area contributed by atoms with Crippen molar-refractivity contribution in [2.75, 3.05) is 0 Å². The molecule has 2 aromatic heterocycles. The first-order valence-electron chi connectivity index (χ1n) is 9.95. The van der Waals surface area contributed by atoms with Crippen molar-refractivity contribution in [1.82, 2.24) is 0 Å². The van der Waals surface area contributed by atoms with Gasteiger partial charge in [-0.2, -0.15) is 0 Å². The fourth-order valence-corrected chi connectivity index (χ4v) is 3.59. The van der Waals surface area contributed by atoms with Crippen LogP contribution in [0, 0.1) is 10.1 Å². The third-order valence-electron chi connectivity index (χ3n) is 5.20. The minimum Gasteiger partial charge on any atom is -0.489 e. The van der Waals surface area contributed by atoms with Crippen LogP contribution in [0.1, 0.15) is 5.56 Å². The lowest BCUT2D eigenvalue weighted by Gasteiger charge is -2.09. The summed E-state index contributed by atoms with van der Waals surface area (Å²) in [6.07, 6.45) is 0. The molecule has 5 aromatic rings. The smallest absolute Gasteiger partial charge is 0.344 e. The summed E-state index contributed by atoms with van der Waals surface area (Å²) in [5.74, 6) is 0.437. The van der Waals surface area contributed by atoms with E-state index in [1.165, 1.54) is 18.2 Å². The van der Waals surface area contributed by atoms with Gasteiger partial charge in [0.2, 0.25) is 0 Å². The van der Waals surface area contributed by atoms with E-state index in [1.54, 1.807) is 48.5 Å². The van der Waals surface area contributed by atoms with Crippen molar-refractivity contribution in [3.05, 3.63) is 115 Å². The van der Waals surface area contributed by atoms with E-state index in [-0.39, 0.29) is 23.4 Å². The fraction of sp³-hybridized carbons (Fsp3) is 0.0400. The molecule has 2 heterocycles. The Kier molecular flexibility index (Phi) is 4.95. The van der Waals surface area contributed by atoms with Gasteiger partial charge in [0.15, 0.2) is 0 Å². The van der Waals surface area contributed by atoms with Gasteiger partial charge in [-0.1, -0.05) is 18.2 Å². The molecule has 0 aliphatic rings. The predicted octanol–water partition coefficient (Wildman–Crippen LogP) is 5.05. The van der Waals surface area contributed by atoms with Crippen molar-refractivity contribution in [3.8, 4) is 16.9 Å². The summed E-state index contributed by atoms with van der Waals surface area (Å²) in [5, 5.41) is 12.1. The lowest BCUT2D eigenvalue weighted by atomic mass is 10.0. The van der Waals surface area contributed by atoms with E-state index in [0.29, 0.717) is 22.3 Å². The van der Waals surface area contributed by atoms with Gasteiger partial charge in [-0.3, -0.25) is 10.1 Å². The van der Waals surface area contributed by atoms with Gasteiger partial charge < -0.3 is 13.6 Å². The number of ether oxygens (including phenoxy) is 1. The SMILES string of the molecule is O=c1cc(-c2cc3ccccc3oc2=O)c2ccc(OCc3ccc([N+](=O)[O-])cc3)cc2o1. The normalized spacial score (nSPS) is 11.0. The molecule has 0 fully saturated rings. The Morgan fingerprint density at radius 2 is 1.61 bits per heavy atom. The van der Waals surface area contributed by atoms with E-state index in [2.05, 4.69) is 0 Å². The Balaban J connectivity index is 1.50. The summed E-state index contributed by atoms with van der Waals surface area (Å²) in [5.41, 5.74) is 0.943. The van der Waals surface area contributed by atoms with Gasteiger partial charge in [0.1, 0.15) is 23.5 Å². The molecular formula is C25H15NO7. The molecule has 0 aliphatic carbocycles. The molecule has 0 radical (unpaired) electrons. The van der Waals surface area contributed by atoms with Crippen LogP contribution < -0.4 is 16.0 Å². The maximum atomic E-state index is 12.6. The maximum Gasteiger partial charge on any atom is 0.344 e. The number of hydrogen-bond acceptors (Lipinski definition) is 7. The molecule has 0 unspecified atom stereocenters. The topological polar surface area (TPSA) is 113 Å². The molecule has 0 aliphatic heterocycles. The number of nitro benzene ring substituents is 1. The van der Waals surface area contributed by atoms with Gasteiger partial charge in [-0.15, -0.1) is 0 Å². The first kappa shape index (κ1) is 20.2. The number of nitrogens with zero attached hydrogens (tertiary/aromatic N) is 1. The van der Waals surface area contributed by atoms with Crippen molar-refractivity contribution in [3.63, 3.8) is 0 Å². The molecule has 0 bridgehead atoms. The molecule has 0 saturated carbocycles. The first-order chi connectivity index (χ1) is 16.0. The number of fused-ring (bicyclic) bond motifs is 2. The minimum absolute atomic E-state index is 0.00284. The lowest BCUT2D eigenvalue weighted by molar-refractivity contribution is -0.384. The van der Waals surface area contributed by atoms with Gasteiger partial charge >= 0.3 is 11.3 Å². The molecule has 5 rings (SSSR count). The van der Waals surface area contributed by atoms with E-state index in [9.17, 15) is 19.7 Å². The Hall–Kier alpha value is -4.72. The number of rotatable bonds is 5. The van der Waals surface area contributed by atoms with E-state index in [4.69, 9.17) is 13.6 Å². The zero-order chi connectivity index (χ0) is 22.9. The predicted molar refractivity (Wildman–Crippen MR) is 121 cm³/mol. The van der Waals surface area contributed by atoms with Gasteiger partial charge in [0, 0.05) is 40.6 Å². The average Bonchev–Trinajstić information content (AvgIpc) is 2.81. The Labute approximate surface area is 185 Å². The summed E-state index contributed by atoms with van der Waals surface area (Å²) in [7, 11) is 0. The van der Waals surface area contributed by atoms with Crippen LogP contribution in [0.25, 0.3) is 33.1 Å². The van der Waals surface area contributed by atoms with Gasteiger partial charge in [0.05, 0.1) is 10.5 Å². The summed E-state index contributed by atoms with van der Waals surface area (Å²) < 4.78 is 16.5. The lowest BCUT2D eigenvalue weighted by Crippen LogP contribution is -2.06. The highest BCUT2D eigenvalue weighted by atomic mass is 16.6. The molecule has 3 aromatic carbocycles. The highest BCUT2D eigenvalue weighted by Crippen LogP contribution is 2.30. The molecule has 33 heavy (non-hydrogen) atoms. The highest BCUT2D eigenvalue weighted by Gasteiger charge is 2.14. The van der Waals surface area contributed by atoms with Crippen molar-refractivity contribution in [2.45, 2.75) is 6.61 Å². The molecule has 162 valence electrons. The quantitative estimate of drug-likeness (QED) is 0.213. The van der Waals surface area contributed by atoms with Crippen LogP contribution in [0.5, 0.6) is 5.75 Å². The van der Waals surface area contributed by atoms with Crippen molar-refractivity contribution < 1.29 is 18.5 Å². The highest BCUT2D eigenvalue weighted by molar-refractivity contribution is 5.95. The van der Waals surface area contributed by atoms with Crippen molar-refractivity contribution in [2.24, 2.45) is 0 Å². The number of nitro groups is 1. The second-order valence-electron chi connectivity index (χ2n) is 7.33. The summed E-state index contributed by atoms with van der Waals surface area (Å²) in [6, 6.07) is 21.1. The standard InChI is InChI=1S/C25H15NO7/c27-24-13-20(21-11-16-3-1-2-4-22(16)33-25(21)28)19-10-9-18(12-23(19)32-24)31-14-15-5-7-17(8-6-15)26(29)30/h1-13H,14H2. The molecular weight excluding hydrogens is 426 g/mol. The maximum absolute atomic E-state index is 12.6. The van der Waals surface area contributed by atoms with E-state index in [1.807, 2.05) is 12.1 Å². The number of non-ortho nitro benzene ring substituents is 1. The van der Waals surface area contributed by atoms with Crippen molar-refractivity contribution >= 4 is 27.6 Å². The Morgan fingerprint density at radius 1 is 0.818 bits per heavy atom. The molecule has 0 amide bonds. The molecule has 0 atom stereocenters. The summed E-state index contributed by atoms with van der Waals surface area (Å²) in [4.78, 5) is 35.2. The van der Waals surface area contributed by atoms with Gasteiger partial charge in [-0.05, 0) is 42.0 Å². The van der Waals surface area contributed by atoms with Crippen molar-refractivity contribution in [1.29, 1.82) is 0 Å². The summed E-state index contributed by atoms with van der Waals surface area (Å²) in [6.45, 7) is 0.168. The fourth-order valence-electron chi connectivity index (χ4n) is 3.59. The summed E-state index contributed by atoms with van der Waals surface area (Å²) >= 11 is 0. The third kappa shape index (κ3) is 3.97. The van der Waals surface area contributed by atoms with Crippen LogP contribution in [0.4, 0.5) is 5.69 Å². The molecule has 0 saturated heterocycles. The van der Waals surface area contributed by atoms with E-state index in [0.717, 1.165) is 10.9 Å². The number of para-hydroxylation sites is 1. The molecule has 0 spiro atoms. The van der Waals surface area contributed by atoms with Gasteiger partial charge in [0.25, 0.3) is 5.69 Å². The number of benzene rings is 3. The minimum atomic E-state index is -0.613. The van der Waals surface area contributed by atoms with E-state index >= 15 is 0 Å². The van der Waals surface area contributed by atoms with Gasteiger partial charge in [-0.25, -0.2) is 9.59 Å². The molecule has 8 nitrogen and oxygen atoms in total. The average molecular weight is 441 g/mol. The van der Waals surface area contributed by atoms with Crippen LogP contribution in [-0.2, 0) is 6.61 Å². The molecule has 0 N–H and O–H groups in total. The third-order valence-corrected chi connectivity index (χ3v) is 5.20. The first-order valence-corrected chi connectivity index (χ1v) is 9.95. The second kappa shape index (κ2) is 8.08. The zero-order valence-electron chi connectivity index (χ0n) is 17.0. The van der Waals surface area contributed by atoms with Crippen LogP contribution in [-0.4, -0.2) is 4.92 Å². The Bertz CT molecular complexity index is 1630. The molecule has 8 heteroatoms. The monoisotopic (exact) mass is 441 g/mol. The zero-order valence-corrected chi connectivity index (χ0v) is 17.0. The second-order valence-corrected chi connectivity index (χ2v) is 7.33. The van der Waals surface area contributed by atoms with Crippen LogP contribution in [0.2, 0.25) is 0 Å². The number of hydrogen-bond donors (Lipinski definition) is 0. The Morgan fingerprint density at radius 3 is 2.39 bits per heavy atom. The van der Waals surface area contributed by atoms with Crippen LogP contribution >= 0.6 is 0 Å². The van der Waals surface area contributed by atoms with Crippen LogP contribution in [0.15, 0.2) is 97.3 Å². The van der Waals surface area contributed by atoms with E-state index < -0.39 is 16.2 Å². The van der Waals surface area contributed by atoms with Crippen LogP contribution in [0.3, 0.4) is 0 Å².